The lowest BCUT2D eigenvalue weighted by molar-refractivity contribution is 0.0992. The van der Waals surface area contributed by atoms with Crippen LogP contribution in [0.25, 0.3) is 0 Å². The van der Waals surface area contributed by atoms with E-state index in [0.717, 1.165) is 0 Å². The minimum atomic E-state index is -0.141. The molecule has 2 nitrogen and oxygen atoms in total. The number of carbonyl (C=O) groups is 1. The summed E-state index contributed by atoms with van der Waals surface area (Å²) in [6.45, 7) is 0. The third-order valence-electron chi connectivity index (χ3n) is 2.85. The van der Waals surface area contributed by atoms with Gasteiger partial charge < -0.3 is 4.74 Å². The standard InChI is InChI=1S/C15H11Cl3O2/c1-20-14-6-5-10(16)7-9(14)8-13(19)11-3-2-4-12(17)15(11)18/h2-7H,8H2,1H3. The predicted molar refractivity (Wildman–Crippen MR) is 82.5 cm³/mol. The van der Waals surface area contributed by atoms with Gasteiger partial charge in [-0.25, -0.2) is 0 Å². The van der Waals surface area contributed by atoms with Gasteiger partial charge in [-0.3, -0.25) is 4.79 Å². The summed E-state index contributed by atoms with van der Waals surface area (Å²) < 4.78 is 5.22. The van der Waals surface area contributed by atoms with Crippen molar-refractivity contribution in [3.05, 3.63) is 62.6 Å². The van der Waals surface area contributed by atoms with Gasteiger partial charge in [0.1, 0.15) is 5.75 Å². The molecule has 0 heterocycles. The van der Waals surface area contributed by atoms with Gasteiger partial charge in [-0.15, -0.1) is 0 Å². The molecule has 0 bridgehead atoms. The molecule has 0 N–H and O–H groups in total. The SMILES string of the molecule is COc1ccc(Cl)cc1CC(=O)c1cccc(Cl)c1Cl. The number of ketones is 1. The van der Waals surface area contributed by atoms with Crippen molar-refractivity contribution in [3.63, 3.8) is 0 Å². The Morgan fingerprint density at radius 2 is 1.90 bits per heavy atom. The maximum absolute atomic E-state index is 12.3. The molecule has 0 unspecified atom stereocenters. The first-order valence-electron chi connectivity index (χ1n) is 5.82. The lowest BCUT2D eigenvalue weighted by atomic mass is 10.0. The lowest BCUT2D eigenvalue weighted by Crippen LogP contribution is -2.06. The number of benzene rings is 2. The Labute approximate surface area is 132 Å². The summed E-state index contributed by atoms with van der Waals surface area (Å²) in [4.78, 5) is 12.3. The first-order chi connectivity index (χ1) is 9.52. The van der Waals surface area contributed by atoms with Crippen LogP contribution in [-0.4, -0.2) is 12.9 Å². The topological polar surface area (TPSA) is 26.3 Å². The molecule has 2 aromatic carbocycles. The average molecular weight is 330 g/mol. The largest absolute Gasteiger partial charge is 0.496 e. The van der Waals surface area contributed by atoms with Gasteiger partial charge in [0, 0.05) is 22.6 Å². The zero-order chi connectivity index (χ0) is 14.7. The second-order valence-corrected chi connectivity index (χ2v) is 5.38. The fourth-order valence-electron chi connectivity index (χ4n) is 1.87. The smallest absolute Gasteiger partial charge is 0.168 e. The molecule has 0 saturated carbocycles. The lowest BCUT2D eigenvalue weighted by Gasteiger charge is -2.09. The summed E-state index contributed by atoms with van der Waals surface area (Å²) in [5.74, 6) is 0.471. The Morgan fingerprint density at radius 1 is 1.15 bits per heavy atom. The van der Waals surface area contributed by atoms with E-state index in [1.165, 1.54) is 0 Å². The van der Waals surface area contributed by atoms with Crippen LogP contribution >= 0.6 is 34.8 Å². The van der Waals surface area contributed by atoms with Crippen molar-refractivity contribution in [2.24, 2.45) is 0 Å². The van der Waals surface area contributed by atoms with Crippen molar-refractivity contribution in [2.75, 3.05) is 7.11 Å². The average Bonchev–Trinajstić information content (AvgIpc) is 2.42. The Balaban J connectivity index is 2.32. The van der Waals surface area contributed by atoms with Crippen molar-refractivity contribution in [2.45, 2.75) is 6.42 Å². The van der Waals surface area contributed by atoms with Gasteiger partial charge in [0.2, 0.25) is 0 Å². The van der Waals surface area contributed by atoms with E-state index in [1.54, 1.807) is 43.5 Å². The van der Waals surface area contributed by atoms with Crippen LogP contribution < -0.4 is 4.74 Å². The van der Waals surface area contributed by atoms with Crippen LogP contribution in [0, 0.1) is 0 Å². The number of hydrogen-bond donors (Lipinski definition) is 0. The molecule has 0 saturated heterocycles. The summed E-state index contributed by atoms with van der Waals surface area (Å²) in [5.41, 5.74) is 1.10. The third-order valence-corrected chi connectivity index (χ3v) is 3.90. The normalized spacial score (nSPS) is 10.4. The van der Waals surface area contributed by atoms with Crippen LogP contribution in [0.5, 0.6) is 5.75 Å². The van der Waals surface area contributed by atoms with Gasteiger partial charge in [0.15, 0.2) is 5.78 Å². The fraction of sp³-hybridized carbons (Fsp3) is 0.133. The number of carbonyl (C=O) groups excluding carboxylic acids is 1. The predicted octanol–water partition coefficient (Wildman–Crippen LogP) is 5.08. The maximum Gasteiger partial charge on any atom is 0.168 e. The summed E-state index contributed by atoms with van der Waals surface area (Å²) in [5, 5.41) is 1.17. The first kappa shape index (κ1) is 15.2. The molecule has 20 heavy (non-hydrogen) atoms. The van der Waals surface area contributed by atoms with E-state index in [-0.39, 0.29) is 17.2 Å². The zero-order valence-electron chi connectivity index (χ0n) is 10.6. The van der Waals surface area contributed by atoms with Gasteiger partial charge in [-0.1, -0.05) is 40.9 Å². The van der Waals surface area contributed by atoms with Crippen LogP contribution in [-0.2, 0) is 6.42 Å². The quantitative estimate of drug-likeness (QED) is 0.731. The minimum absolute atomic E-state index is 0.141. The van der Waals surface area contributed by atoms with Gasteiger partial charge in [-0.2, -0.15) is 0 Å². The van der Waals surface area contributed by atoms with Crippen LogP contribution in [0.15, 0.2) is 36.4 Å². The van der Waals surface area contributed by atoms with Crippen LogP contribution in [0.1, 0.15) is 15.9 Å². The molecular formula is C15H11Cl3O2. The van der Waals surface area contributed by atoms with E-state index >= 15 is 0 Å². The Hall–Kier alpha value is -1.22. The second-order valence-electron chi connectivity index (χ2n) is 4.16. The molecule has 0 aliphatic rings. The van der Waals surface area contributed by atoms with Crippen LogP contribution in [0.3, 0.4) is 0 Å². The molecule has 0 aromatic heterocycles. The first-order valence-corrected chi connectivity index (χ1v) is 6.96. The molecule has 5 heteroatoms. The monoisotopic (exact) mass is 328 g/mol. The number of hydrogen-bond acceptors (Lipinski definition) is 2. The molecule has 0 spiro atoms. The van der Waals surface area contributed by atoms with E-state index in [0.29, 0.717) is 26.9 Å². The Kier molecular flexibility index (Phi) is 4.92. The minimum Gasteiger partial charge on any atom is -0.496 e. The molecule has 0 fully saturated rings. The highest BCUT2D eigenvalue weighted by atomic mass is 35.5. The van der Waals surface area contributed by atoms with E-state index in [2.05, 4.69) is 0 Å². The van der Waals surface area contributed by atoms with Gasteiger partial charge in [0.25, 0.3) is 0 Å². The Morgan fingerprint density at radius 3 is 2.60 bits per heavy atom. The summed E-state index contributed by atoms with van der Waals surface area (Å²) in [7, 11) is 1.55. The van der Waals surface area contributed by atoms with Crippen molar-refractivity contribution in [1.82, 2.24) is 0 Å². The highest BCUT2D eigenvalue weighted by Gasteiger charge is 2.15. The molecular weight excluding hydrogens is 319 g/mol. The molecule has 0 atom stereocenters. The molecule has 0 amide bonds. The van der Waals surface area contributed by atoms with E-state index in [1.807, 2.05) is 0 Å². The van der Waals surface area contributed by atoms with E-state index < -0.39 is 0 Å². The number of halogens is 3. The molecule has 0 aliphatic heterocycles. The van der Waals surface area contributed by atoms with Crippen molar-refractivity contribution >= 4 is 40.6 Å². The summed E-state index contributed by atoms with van der Waals surface area (Å²) in [6, 6.07) is 10.1. The number of Topliss-reactive ketones (excluding diaryl/α,β-unsaturated/α-hetero) is 1. The molecule has 0 radical (unpaired) electrons. The molecule has 0 aliphatic carbocycles. The van der Waals surface area contributed by atoms with Crippen LogP contribution in [0.2, 0.25) is 15.1 Å². The van der Waals surface area contributed by atoms with Gasteiger partial charge in [-0.05, 0) is 30.3 Å². The van der Waals surface area contributed by atoms with E-state index in [9.17, 15) is 4.79 Å². The highest BCUT2D eigenvalue weighted by Crippen LogP contribution is 2.28. The third kappa shape index (κ3) is 3.26. The summed E-state index contributed by atoms with van der Waals surface area (Å²) >= 11 is 17.9. The molecule has 2 rings (SSSR count). The number of rotatable bonds is 4. The fourth-order valence-corrected chi connectivity index (χ4v) is 2.47. The van der Waals surface area contributed by atoms with Crippen molar-refractivity contribution in [3.8, 4) is 5.75 Å². The van der Waals surface area contributed by atoms with Crippen molar-refractivity contribution in [1.29, 1.82) is 0 Å². The van der Waals surface area contributed by atoms with Crippen molar-refractivity contribution < 1.29 is 9.53 Å². The maximum atomic E-state index is 12.3. The Bertz CT molecular complexity index is 654. The molecule has 104 valence electrons. The second kappa shape index (κ2) is 6.49. The zero-order valence-corrected chi connectivity index (χ0v) is 12.9. The summed E-state index contributed by atoms with van der Waals surface area (Å²) in [6.07, 6.45) is 0.143. The number of ether oxygens (including phenoxy) is 1. The highest BCUT2D eigenvalue weighted by molar-refractivity contribution is 6.44. The van der Waals surface area contributed by atoms with Gasteiger partial charge >= 0.3 is 0 Å². The number of methoxy groups -OCH3 is 1. The van der Waals surface area contributed by atoms with E-state index in [4.69, 9.17) is 39.5 Å². The van der Waals surface area contributed by atoms with Crippen LogP contribution in [0.4, 0.5) is 0 Å². The van der Waals surface area contributed by atoms with Gasteiger partial charge in [0.05, 0.1) is 17.2 Å². The molecule has 2 aromatic rings.